The molecule has 0 saturated heterocycles. The fourth-order valence-electron chi connectivity index (χ4n) is 2.25. The standard InChI is InChI=1S/C15H20ClN5O/c1-9-7-10(2)21(20-9)11(3)8-17-15(22)19-13-5-6-14(16)18-12(13)4/h5-7,11H,8H2,1-4H3,(H2,17,19,22). The van der Waals surface area contributed by atoms with E-state index < -0.39 is 0 Å². The molecule has 0 spiro atoms. The molecule has 7 heteroatoms. The van der Waals surface area contributed by atoms with Crippen LogP contribution < -0.4 is 10.6 Å². The van der Waals surface area contributed by atoms with Gasteiger partial charge in [0.1, 0.15) is 5.15 Å². The van der Waals surface area contributed by atoms with E-state index >= 15 is 0 Å². The molecule has 2 rings (SSSR count). The lowest BCUT2D eigenvalue weighted by atomic mass is 10.3. The minimum atomic E-state index is -0.277. The molecule has 2 aromatic heterocycles. The predicted octanol–water partition coefficient (Wildman–Crippen LogP) is 3.24. The number of carbonyl (C=O) groups excluding carboxylic acids is 1. The van der Waals surface area contributed by atoms with Crippen molar-refractivity contribution in [2.45, 2.75) is 33.7 Å². The molecule has 2 heterocycles. The first-order valence-electron chi connectivity index (χ1n) is 7.07. The minimum Gasteiger partial charge on any atom is -0.336 e. The van der Waals surface area contributed by atoms with Crippen LogP contribution in [-0.2, 0) is 0 Å². The Labute approximate surface area is 134 Å². The topological polar surface area (TPSA) is 71.8 Å². The van der Waals surface area contributed by atoms with Crippen LogP contribution in [0.25, 0.3) is 0 Å². The van der Waals surface area contributed by atoms with Gasteiger partial charge in [-0.25, -0.2) is 9.78 Å². The summed E-state index contributed by atoms with van der Waals surface area (Å²) in [5, 5.41) is 10.4. The van der Waals surface area contributed by atoms with Gasteiger partial charge in [-0.2, -0.15) is 5.10 Å². The molecule has 0 aliphatic carbocycles. The number of halogens is 1. The van der Waals surface area contributed by atoms with E-state index in [-0.39, 0.29) is 12.1 Å². The monoisotopic (exact) mass is 321 g/mol. The lowest BCUT2D eigenvalue weighted by molar-refractivity contribution is 0.250. The lowest BCUT2D eigenvalue weighted by Crippen LogP contribution is -2.34. The van der Waals surface area contributed by atoms with Crippen molar-refractivity contribution in [1.29, 1.82) is 0 Å². The Morgan fingerprint density at radius 2 is 2.09 bits per heavy atom. The predicted molar refractivity (Wildman–Crippen MR) is 87.4 cm³/mol. The van der Waals surface area contributed by atoms with E-state index in [9.17, 15) is 4.79 Å². The second kappa shape index (κ2) is 6.79. The second-order valence-corrected chi connectivity index (χ2v) is 5.71. The van der Waals surface area contributed by atoms with E-state index in [4.69, 9.17) is 11.6 Å². The Morgan fingerprint density at radius 3 is 2.68 bits per heavy atom. The Balaban J connectivity index is 1.91. The van der Waals surface area contributed by atoms with E-state index in [2.05, 4.69) is 20.7 Å². The van der Waals surface area contributed by atoms with Gasteiger partial charge in [-0.15, -0.1) is 0 Å². The van der Waals surface area contributed by atoms with Gasteiger partial charge in [0.25, 0.3) is 0 Å². The van der Waals surface area contributed by atoms with Crippen LogP contribution in [0.1, 0.15) is 30.0 Å². The molecule has 0 aromatic carbocycles. The number of amides is 2. The molecule has 1 atom stereocenters. The van der Waals surface area contributed by atoms with Crippen LogP contribution in [0.4, 0.5) is 10.5 Å². The summed E-state index contributed by atoms with van der Waals surface area (Å²) in [6, 6.07) is 5.18. The molecule has 0 aliphatic heterocycles. The fraction of sp³-hybridized carbons (Fsp3) is 0.400. The summed E-state index contributed by atoms with van der Waals surface area (Å²) in [6.45, 7) is 8.23. The van der Waals surface area contributed by atoms with Gasteiger partial charge in [0.05, 0.1) is 23.1 Å². The fourth-order valence-corrected chi connectivity index (χ4v) is 2.44. The molecule has 1 unspecified atom stereocenters. The zero-order valence-electron chi connectivity index (χ0n) is 13.1. The normalized spacial score (nSPS) is 12.0. The number of nitrogens with zero attached hydrogens (tertiary/aromatic N) is 3. The smallest absolute Gasteiger partial charge is 0.319 e. The molecule has 2 amide bonds. The van der Waals surface area contributed by atoms with Gasteiger partial charge in [-0.1, -0.05) is 11.6 Å². The average molecular weight is 322 g/mol. The van der Waals surface area contributed by atoms with Crippen molar-refractivity contribution in [2.75, 3.05) is 11.9 Å². The molecular formula is C15H20ClN5O. The van der Waals surface area contributed by atoms with Crippen LogP contribution in [-0.4, -0.2) is 27.3 Å². The Kier molecular flexibility index (Phi) is 5.03. The summed E-state index contributed by atoms with van der Waals surface area (Å²) in [4.78, 5) is 16.1. The highest BCUT2D eigenvalue weighted by molar-refractivity contribution is 6.29. The number of hydrogen-bond acceptors (Lipinski definition) is 3. The van der Waals surface area contributed by atoms with Crippen molar-refractivity contribution in [1.82, 2.24) is 20.1 Å². The number of aromatic nitrogens is 3. The summed E-state index contributed by atoms with van der Waals surface area (Å²) in [6.07, 6.45) is 0. The van der Waals surface area contributed by atoms with Crippen molar-refractivity contribution in [3.05, 3.63) is 40.4 Å². The molecule has 0 bridgehead atoms. The second-order valence-electron chi connectivity index (χ2n) is 5.32. The molecule has 22 heavy (non-hydrogen) atoms. The van der Waals surface area contributed by atoms with Crippen LogP contribution in [0.3, 0.4) is 0 Å². The first kappa shape index (κ1) is 16.3. The maximum atomic E-state index is 12.0. The molecule has 2 aromatic rings. The molecule has 0 radical (unpaired) electrons. The van der Waals surface area contributed by atoms with Crippen LogP contribution in [0.15, 0.2) is 18.2 Å². The van der Waals surface area contributed by atoms with Crippen molar-refractivity contribution in [2.24, 2.45) is 0 Å². The maximum Gasteiger partial charge on any atom is 0.319 e. The number of hydrogen-bond donors (Lipinski definition) is 2. The van der Waals surface area contributed by atoms with E-state index in [0.29, 0.717) is 23.1 Å². The quantitative estimate of drug-likeness (QED) is 0.849. The third-order valence-electron chi connectivity index (χ3n) is 3.32. The van der Waals surface area contributed by atoms with E-state index in [1.807, 2.05) is 31.5 Å². The minimum absolute atomic E-state index is 0.0730. The van der Waals surface area contributed by atoms with Crippen LogP contribution in [0.2, 0.25) is 5.15 Å². The Morgan fingerprint density at radius 1 is 1.36 bits per heavy atom. The zero-order chi connectivity index (χ0) is 16.3. The summed E-state index contributed by atoms with van der Waals surface area (Å²) in [5.41, 5.74) is 3.36. The van der Waals surface area contributed by atoms with Gasteiger partial charge in [0, 0.05) is 12.2 Å². The summed E-state index contributed by atoms with van der Waals surface area (Å²) < 4.78 is 1.91. The van der Waals surface area contributed by atoms with Crippen molar-refractivity contribution >= 4 is 23.3 Å². The number of pyridine rings is 1. The zero-order valence-corrected chi connectivity index (χ0v) is 13.9. The first-order chi connectivity index (χ1) is 10.4. The Hall–Kier alpha value is -2.08. The van der Waals surface area contributed by atoms with Gasteiger partial charge in [-0.3, -0.25) is 4.68 Å². The summed E-state index contributed by atoms with van der Waals surface area (Å²) >= 11 is 5.79. The van der Waals surface area contributed by atoms with E-state index in [0.717, 1.165) is 11.4 Å². The van der Waals surface area contributed by atoms with Crippen molar-refractivity contribution in [3.63, 3.8) is 0 Å². The van der Waals surface area contributed by atoms with Gasteiger partial charge in [0.15, 0.2) is 0 Å². The number of nitrogens with one attached hydrogen (secondary N) is 2. The van der Waals surface area contributed by atoms with Crippen molar-refractivity contribution < 1.29 is 4.79 Å². The Bertz CT molecular complexity index is 683. The number of rotatable bonds is 4. The van der Waals surface area contributed by atoms with Crippen LogP contribution in [0.5, 0.6) is 0 Å². The van der Waals surface area contributed by atoms with Gasteiger partial charge in [-0.05, 0) is 45.9 Å². The number of anilines is 1. The largest absolute Gasteiger partial charge is 0.336 e. The molecule has 0 saturated carbocycles. The molecular weight excluding hydrogens is 302 g/mol. The summed E-state index contributed by atoms with van der Waals surface area (Å²) in [7, 11) is 0. The highest BCUT2D eigenvalue weighted by Crippen LogP contribution is 2.15. The number of carbonyl (C=O) groups is 1. The summed E-state index contributed by atoms with van der Waals surface area (Å²) in [5.74, 6) is 0. The number of urea groups is 1. The average Bonchev–Trinajstić information content (AvgIpc) is 2.78. The first-order valence-corrected chi connectivity index (χ1v) is 7.45. The lowest BCUT2D eigenvalue weighted by Gasteiger charge is -2.16. The van der Waals surface area contributed by atoms with Gasteiger partial charge >= 0.3 is 6.03 Å². The molecule has 118 valence electrons. The third-order valence-corrected chi connectivity index (χ3v) is 3.53. The number of aryl methyl sites for hydroxylation is 3. The molecule has 0 fully saturated rings. The third kappa shape index (κ3) is 3.98. The molecule has 2 N–H and O–H groups in total. The van der Waals surface area contributed by atoms with Crippen LogP contribution in [0, 0.1) is 20.8 Å². The SMILES string of the molecule is Cc1cc(C)n(C(C)CNC(=O)Nc2ccc(Cl)nc2C)n1. The van der Waals surface area contributed by atoms with E-state index in [1.165, 1.54) is 0 Å². The highest BCUT2D eigenvalue weighted by Gasteiger charge is 2.11. The van der Waals surface area contributed by atoms with E-state index in [1.54, 1.807) is 19.1 Å². The molecule has 0 aliphatic rings. The van der Waals surface area contributed by atoms with Crippen LogP contribution >= 0.6 is 11.6 Å². The van der Waals surface area contributed by atoms with Gasteiger partial charge < -0.3 is 10.6 Å². The van der Waals surface area contributed by atoms with Crippen molar-refractivity contribution in [3.8, 4) is 0 Å². The molecule has 6 nitrogen and oxygen atoms in total. The highest BCUT2D eigenvalue weighted by atomic mass is 35.5. The van der Waals surface area contributed by atoms with Gasteiger partial charge in [0.2, 0.25) is 0 Å². The maximum absolute atomic E-state index is 12.0.